The zero-order valence-corrected chi connectivity index (χ0v) is 9.06. The first-order valence-electron chi connectivity index (χ1n) is 4.06. The molecule has 1 nitrogen and oxygen atoms in total. The van der Waals surface area contributed by atoms with Gasteiger partial charge in [0, 0.05) is 17.4 Å². The van der Waals surface area contributed by atoms with Crippen LogP contribution in [0.3, 0.4) is 0 Å². The fourth-order valence-electron chi connectivity index (χ4n) is 1.13. The van der Waals surface area contributed by atoms with Crippen molar-refractivity contribution in [3.63, 3.8) is 0 Å². The van der Waals surface area contributed by atoms with Crippen molar-refractivity contribution in [1.29, 1.82) is 0 Å². The van der Waals surface area contributed by atoms with Crippen LogP contribution in [0.5, 0.6) is 0 Å². The molecule has 0 spiro atoms. The molecule has 0 aliphatic heterocycles. The second-order valence-electron chi connectivity index (χ2n) is 2.98. The van der Waals surface area contributed by atoms with Gasteiger partial charge in [-0.25, -0.2) is 0 Å². The van der Waals surface area contributed by atoms with Gasteiger partial charge in [0.2, 0.25) is 0 Å². The molecule has 1 aromatic rings. The average Bonchev–Trinajstić information content (AvgIpc) is 2.01. The fraction of sp³-hybridized carbons (Fsp3) is 0.444. The lowest BCUT2D eigenvalue weighted by molar-refractivity contribution is -0.138. The normalized spacial score (nSPS) is 14.1. The van der Waals surface area contributed by atoms with Gasteiger partial charge in [0.1, 0.15) is 0 Å². The largest absolute Gasteiger partial charge is 0.418 e. The number of hydrogen-bond acceptors (Lipinski definition) is 1. The van der Waals surface area contributed by atoms with E-state index < -0.39 is 11.7 Å². The summed E-state index contributed by atoms with van der Waals surface area (Å²) in [6.07, 6.45) is -2.67. The van der Waals surface area contributed by atoms with Crippen LogP contribution in [0.1, 0.15) is 18.2 Å². The highest BCUT2D eigenvalue weighted by atomic mass is 79.9. The maximum Gasteiger partial charge on any atom is 0.418 e. The van der Waals surface area contributed by atoms with Crippen molar-refractivity contribution in [2.75, 3.05) is 0 Å². The Labute approximate surface area is 88.5 Å². The lowest BCUT2D eigenvalue weighted by atomic mass is 10.1. The predicted molar refractivity (Wildman–Crippen MR) is 51.3 cm³/mol. The Bertz CT molecular complexity index is 309. The Morgan fingerprint density at radius 1 is 1.50 bits per heavy atom. The molecule has 0 bridgehead atoms. The van der Waals surface area contributed by atoms with Crippen LogP contribution >= 0.6 is 15.9 Å². The molecule has 0 amide bonds. The van der Waals surface area contributed by atoms with Crippen LogP contribution in [0.15, 0.2) is 18.3 Å². The predicted octanol–water partition coefficient (Wildman–Crippen LogP) is 3.43. The molecule has 78 valence electrons. The van der Waals surface area contributed by atoms with Crippen LogP contribution in [0.2, 0.25) is 0 Å². The minimum atomic E-state index is -4.31. The van der Waals surface area contributed by atoms with Gasteiger partial charge < -0.3 is 0 Å². The smallest absolute Gasteiger partial charge is 0.261 e. The molecular weight excluding hydrogens is 259 g/mol. The van der Waals surface area contributed by atoms with E-state index in [1.807, 2.05) is 0 Å². The minimum absolute atomic E-state index is 0.0153. The first kappa shape index (κ1) is 11.5. The molecule has 1 heterocycles. The molecule has 14 heavy (non-hydrogen) atoms. The maximum absolute atomic E-state index is 12.4. The summed E-state index contributed by atoms with van der Waals surface area (Å²) >= 11 is 3.20. The van der Waals surface area contributed by atoms with Gasteiger partial charge in [-0.05, 0) is 12.1 Å². The van der Waals surface area contributed by atoms with Gasteiger partial charge >= 0.3 is 6.18 Å². The standard InChI is InChI=1S/C9H9BrF3N/c1-6(10)5-8-7(9(11,12)13)3-2-4-14-8/h2-4,6H,5H2,1H3. The summed E-state index contributed by atoms with van der Waals surface area (Å²) in [5.41, 5.74) is -0.560. The zero-order valence-electron chi connectivity index (χ0n) is 7.48. The van der Waals surface area contributed by atoms with E-state index in [-0.39, 0.29) is 16.9 Å². The fourth-order valence-corrected chi connectivity index (χ4v) is 1.43. The Kier molecular flexibility index (Phi) is 3.53. The highest BCUT2D eigenvalue weighted by Gasteiger charge is 2.33. The summed E-state index contributed by atoms with van der Waals surface area (Å²) in [5, 5.41) is 0. The number of halogens is 4. The second-order valence-corrected chi connectivity index (χ2v) is 4.54. The summed E-state index contributed by atoms with van der Waals surface area (Å²) in [6, 6.07) is 2.35. The maximum atomic E-state index is 12.4. The van der Waals surface area contributed by atoms with E-state index in [0.29, 0.717) is 0 Å². The monoisotopic (exact) mass is 267 g/mol. The number of aromatic nitrogens is 1. The van der Waals surface area contributed by atoms with Gasteiger partial charge in [0.25, 0.3) is 0 Å². The summed E-state index contributed by atoms with van der Waals surface area (Å²) in [5.74, 6) is 0. The van der Waals surface area contributed by atoms with Gasteiger partial charge in [-0.3, -0.25) is 4.98 Å². The van der Waals surface area contributed by atoms with E-state index in [4.69, 9.17) is 0 Å². The minimum Gasteiger partial charge on any atom is -0.261 e. The number of pyridine rings is 1. The summed E-state index contributed by atoms with van der Waals surface area (Å²) in [7, 11) is 0. The average molecular weight is 268 g/mol. The number of rotatable bonds is 2. The van der Waals surface area contributed by atoms with Crippen molar-refractivity contribution in [1.82, 2.24) is 4.98 Å². The quantitative estimate of drug-likeness (QED) is 0.749. The molecule has 0 saturated carbocycles. The second kappa shape index (κ2) is 4.29. The van der Waals surface area contributed by atoms with E-state index in [1.165, 1.54) is 12.3 Å². The third-order valence-electron chi connectivity index (χ3n) is 1.67. The van der Waals surface area contributed by atoms with Crippen LogP contribution in [0.25, 0.3) is 0 Å². The Hall–Kier alpha value is -0.580. The van der Waals surface area contributed by atoms with Crippen LogP contribution in [-0.2, 0) is 12.6 Å². The van der Waals surface area contributed by atoms with Crippen molar-refractivity contribution >= 4 is 15.9 Å². The molecule has 0 N–H and O–H groups in total. The Balaban J connectivity index is 3.04. The third kappa shape index (κ3) is 2.97. The lowest BCUT2D eigenvalue weighted by Crippen LogP contribution is -2.12. The molecule has 0 radical (unpaired) electrons. The van der Waals surface area contributed by atoms with Crippen molar-refractivity contribution in [3.05, 3.63) is 29.6 Å². The SMILES string of the molecule is CC(Br)Cc1ncccc1C(F)(F)F. The molecule has 1 aromatic heterocycles. The number of alkyl halides is 4. The van der Waals surface area contributed by atoms with Crippen LogP contribution in [0.4, 0.5) is 13.2 Å². The third-order valence-corrected chi connectivity index (χ3v) is 1.99. The van der Waals surface area contributed by atoms with Crippen LogP contribution in [0, 0.1) is 0 Å². The van der Waals surface area contributed by atoms with Gasteiger partial charge in [-0.15, -0.1) is 0 Å². The van der Waals surface area contributed by atoms with Crippen LogP contribution < -0.4 is 0 Å². The number of hydrogen-bond donors (Lipinski definition) is 0. The molecule has 0 aliphatic carbocycles. The Morgan fingerprint density at radius 3 is 2.64 bits per heavy atom. The Morgan fingerprint density at radius 2 is 2.14 bits per heavy atom. The zero-order chi connectivity index (χ0) is 10.8. The van der Waals surface area contributed by atoms with Gasteiger partial charge in [-0.1, -0.05) is 22.9 Å². The lowest BCUT2D eigenvalue weighted by Gasteiger charge is -2.11. The molecule has 0 aliphatic rings. The highest BCUT2D eigenvalue weighted by molar-refractivity contribution is 9.09. The van der Waals surface area contributed by atoms with E-state index in [0.717, 1.165) is 6.07 Å². The molecule has 0 fully saturated rings. The van der Waals surface area contributed by atoms with Gasteiger partial charge in [0.15, 0.2) is 0 Å². The molecular formula is C9H9BrF3N. The summed E-state index contributed by atoms with van der Waals surface area (Å²) < 4.78 is 37.3. The van der Waals surface area contributed by atoms with Gasteiger partial charge in [-0.2, -0.15) is 13.2 Å². The molecule has 0 aromatic carbocycles. The van der Waals surface area contributed by atoms with Crippen molar-refractivity contribution in [2.24, 2.45) is 0 Å². The van der Waals surface area contributed by atoms with Gasteiger partial charge in [0.05, 0.1) is 11.3 Å². The molecule has 5 heteroatoms. The van der Waals surface area contributed by atoms with Crippen molar-refractivity contribution in [2.45, 2.75) is 24.3 Å². The molecule has 0 saturated heterocycles. The number of nitrogens with zero attached hydrogens (tertiary/aromatic N) is 1. The molecule has 1 atom stereocenters. The van der Waals surface area contributed by atoms with Crippen molar-refractivity contribution in [3.8, 4) is 0 Å². The topological polar surface area (TPSA) is 12.9 Å². The highest BCUT2D eigenvalue weighted by Crippen LogP contribution is 2.31. The molecule has 1 unspecified atom stereocenters. The summed E-state index contributed by atoms with van der Waals surface area (Å²) in [6.45, 7) is 1.79. The van der Waals surface area contributed by atoms with Crippen molar-refractivity contribution < 1.29 is 13.2 Å². The summed E-state index contributed by atoms with van der Waals surface area (Å²) in [4.78, 5) is 3.72. The first-order valence-corrected chi connectivity index (χ1v) is 4.98. The van der Waals surface area contributed by atoms with Crippen LogP contribution in [-0.4, -0.2) is 9.81 Å². The van der Waals surface area contributed by atoms with E-state index >= 15 is 0 Å². The van der Waals surface area contributed by atoms with E-state index in [1.54, 1.807) is 6.92 Å². The first-order chi connectivity index (χ1) is 6.41. The van der Waals surface area contributed by atoms with E-state index in [9.17, 15) is 13.2 Å². The molecule has 1 rings (SSSR count). The van der Waals surface area contributed by atoms with E-state index in [2.05, 4.69) is 20.9 Å².